The summed E-state index contributed by atoms with van der Waals surface area (Å²) >= 11 is 0. The first-order chi connectivity index (χ1) is 11.4. The van der Waals surface area contributed by atoms with Crippen molar-refractivity contribution < 1.29 is 14.2 Å². The minimum Gasteiger partial charge on any atom is -0.486 e. The molecule has 4 rings (SSSR count). The first-order valence-electron chi connectivity index (χ1n) is 8.19. The van der Waals surface area contributed by atoms with Crippen molar-refractivity contribution in [2.45, 2.75) is 18.6 Å². The van der Waals surface area contributed by atoms with Crippen LogP contribution in [0.4, 0.5) is 0 Å². The van der Waals surface area contributed by atoms with E-state index in [2.05, 4.69) is 29.6 Å². The molecule has 120 valence electrons. The molecule has 0 spiro atoms. The third kappa shape index (κ3) is 3.19. The van der Waals surface area contributed by atoms with Crippen LogP contribution in [0.15, 0.2) is 48.5 Å². The van der Waals surface area contributed by atoms with Crippen LogP contribution in [0.2, 0.25) is 0 Å². The molecule has 2 aliphatic heterocycles. The van der Waals surface area contributed by atoms with E-state index in [9.17, 15) is 0 Å². The zero-order valence-corrected chi connectivity index (χ0v) is 13.0. The molecule has 0 bridgehead atoms. The SMILES string of the molecule is c1ccc2c(c1)CCO[C@@H]2CNC[C@H]1COc2ccccc2O1. The van der Waals surface area contributed by atoms with Gasteiger partial charge in [0.15, 0.2) is 11.5 Å². The summed E-state index contributed by atoms with van der Waals surface area (Å²) < 4.78 is 17.6. The second-order valence-corrected chi connectivity index (χ2v) is 5.96. The molecule has 0 aromatic heterocycles. The minimum absolute atomic E-state index is 0.0312. The zero-order valence-electron chi connectivity index (χ0n) is 13.0. The quantitative estimate of drug-likeness (QED) is 0.942. The Labute approximate surface area is 136 Å². The molecule has 0 radical (unpaired) electrons. The highest BCUT2D eigenvalue weighted by atomic mass is 16.6. The molecule has 2 aromatic rings. The maximum atomic E-state index is 5.96. The van der Waals surface area contributed by atoms with E-state index >= 15 is 0 Å². The van der Waals surface area contributed by atoms with Crippen molar-refractivity contribution in [3.05, 3.63) is 59.7 Å². The number of ether oxygens (including phenoxy) is 3. The van der Waals surface area contributed by atoms with Crippen molar-refractivity contribution in [2.24, 2.45) is 0 Å². The number of hydrogen-bond acceptors (Lipinski definition) is 4. The maximum Gasteiger partial charge on any atom is 0.161 e. The molecule has 2 heterocycles. The highest BCUT2D eigenvalue weighted by Crippen LogP contribution is 2.31. The summed E-state index contributed by atoms with van der Waals surface area (Å²) in [5.74, 6) is 1.65. The second kappa shape index (κ2) is 6.60. The van der Waals surface area contributed by atoms with Gasteiger partial charge in [-0.2, -0.15) is 0 Å². The molecule has 0 fully saturated rings. The molecular formula is C19H21NO3. The van der Waals surface area contributed by atoms with E-state index in [0.717, 1.165) is 37.6 Å². The van der Waals surface area contributed by atoms with Crippen molar-refractivity contribution in [3.63, 3.8) is 0 Å². The van der Waals surface area contributed by atoms with Gasteiger partial charge < -0.3 is 19.5 Å². The van der Waals surface area contributed by atoms with Crippen LogP contribution in [0.5, 0.6) is 11.5 Å². The molecule has 23 heavy (non-hydrogen) atoms. The monoisotopic (exact) mass is 311 g/mol. The summed E-state index contributed by atoms with van der Waals surface area (Å²) in [7, 11) is 0. The van der Waals surface area contributed by atoms with Crippen LogP contribution in [-0.4, -0.2) is 32.4 Å². The lowest BCUT2D eigenvalue weighted by atomic mass is 9.97. The van der Waals surface area contributed by atoms with Crippen LogP contribution in [0.25, 0.3) is 0 Å². The number of rotatable bonds is 4. The number of benzene rings is 2. The van der Waals surface area contributed by atoms with Gasteiger partial charge in [0.25, 0.3) is 0 Å². The summed E-state index contributed by atoms with van der Waals surface area (Å²) in [4.78, 5) is 0. The standard InChI is InChI=1S/C19H21NO3/c1-2-6-16-14(5-1)9-10-21-19(16)12-20-11-15-13-22-17-7-3-4-8-18(17)23-15/h1-8,15,19-20H,9-13H2/t15-,19+/m0/s1. The lowest BCUT2D eigenvalue weighted by Crippen LogP contribution is -2.40. The van der Waals surface area contributed by atoms with Gasteiger partial charge in [0, 0.05) is 13.1 Å². The number of hydrogen-bond donors (Lipinski definition) is 1. The molecule has 4 heteroatoms. The molecule has 0 unspecified atom stereocenters. The van der Waals surface area contributed by atoms with Gasteiger partial charge in [0.05, 0.1) is 12.7 Å². The zero-order chi connectivity index (χ0) is 15.5. The molecule has 4 nitrogen and oxygen atoms in total. The average molecular weight is 311 g/mol. The smallest absolute Gasteiger partial charge is 0.161 e. The highest BCUT2D eigenvalue weighted by Gasteiger charge is 2.23. The largest absolute Gasteiger partial charge is 0.486 e. The van der Waals surface area contributed by atoms with Crippen molar-refractivity contribution in [2.75, 3.05) is 26.3 Å². The van der Waals surface area contributed by atoms with Crippen LogP contribution in [0.3, 0.4) is 0 Å². The van der Waals surface area contributed by atoms with Gasteiger partial charge in [-0.25, -0.2) is 0 Å². The fourth-order valence-corrected chi connectivity index (χ4v) is 3.18. The van der Waals surface area contributed by atoms with Crippen molar-refractivity contribution in [1.29, 1.82) is 0 Å². The van der Waals surface area contributed by atoms with Crippen LogP contribution in [0.1, 0.15) is 17.2 Å². The van der Waals surface area contributed by atoms with Gasteiger partial charge >= 0.3 is 0 Å². The lowest BCUT2D eigenvalue weighted by molar-refractivity contribution is 0.0372. The highest BCUT2D eigenvalue weighted by molar-refractivity contribution is 5.40. The fraction of sp³-hybridized carbons (Fsp3) is 0.368. The Hall–Kier alpha value is -2.04. The van der Waals surface area contributed by atoms with E-state index in [-0.39, 0.29) is 12.2 Å². The van der Waals surface area contributed by atoms with E-state index < -0.39 is 0 Å². The molecular weight excluding hydrogens is 290 g/mol. The van der Waals surface area contributed by atoms with Crippen LogP contribution >= 0.6 is 0 Å². The molecule has 2 aliphatic rings. The molecule has 1 N–H and O–H groups in total. The molecule has 0 amide bonds. The number of nitrogens with one attached hydrogen (secondary N) is 1. The molecule has 2 atom stereocenters. The summed E-state index contributed by atoms with van der Waals surface area (Å²) in [6, 6.07) is 16.3. The Kier molecular flexibility index (Phi) is 4.18. The van der Waals surface area contributed by atoms with Gasteiger partial charge in [-0.15, -0.1) is 0 Å². The van der Waals surface area contributed by atoms with Crippen LogP contribution in [0, 0.1) is 0 Å². The van der Waals surface area contributed by atoms with Crippen LogP contribution < -0.4 is 14.8 Å². The van der Waals surface area contributed by atoms with Gasteiger partial charge in [-0.05, 0) is 29.7 Å². The Bertz CT molecular complexity index is 673. The summed E-state index contributed by atoms with van der Waals surface area (Å²) in [5, 5.41) is 3.47. The van der Waals surface area contributed by atoms with Crippen LogP contribution in [-0.2, 0) is 11.2 Å². The first-order valence-corrected chi connectivity index (χ1v) is 8.19. The third-order valence-electron chi connectivity index (χ3n) is 4.36. The first kappa shape index (κ1) is 14.5. The Morgan fingerprint density at radius 1 is 0.957 bits per heavy atom. The van der Waals surface area contributed by atoms with Crippen molar-refractivity contribution >= 4 is 0 Å². The predicted octanol–water partition coefficient (Wildman–Crippen LogP) is 2.73. The Morgan fingerprint density at radius 2 is 1.78 bits per heavy atom. The normalized spacial score (nSPS) is 22.4. The van der Waals surface area contributed by atoms with E-state index in [1.165, 1.54) is 11.1 Å². The molecule has 0 saturated carbocycles. The molecule has 0 saturated heterocycles. The third-order valence-corrected chi connectivity index (χ3v) is 4.36. The fourth-order valence-electron chi connectivity index (χ4n) is 3.18. The second-order valence-electron chi connectivity index (χ2n) is 5.96. The summed E-state index contributed by atoms with van der Waals surface area (Å²) in [6.45, 7) is 2.90. The van der Waals surface area contributed by atoms with Crippen molar-refractivity contribution in [3.8, 4) is 11.5 Å². The van der Waals surface area contributed by atoms with Gasteiger partial charge in [-0.1, -0.05) is 36.4 Å². The van der Waals surface area contributed by atoms with E-state index in [4.69, 9.17) is 14.2 Å². The van der Waals surface area contributed by atoms with Crippen molar-refractivity contribution in [1.82, 2.24) is 5.32 Å². The number of fused-ring (bicyclic) bond motifs is 2. The number of para-hydroxylation sites is 2. The van der Waals surface area contributed by atoms with Gasteiger partial charge in [-0.3, -0.25) is 0 Å². The minimum atomic E-state index is 0.0312. The Morgan fingerprint density at radius 3 is 2.74 bits per heavy atom. The summed E-state index contributed by atoms with van der Waals surface area (Å²) in [6.07, 6.45) is 1.16. The topological polar surface area (TPSA) is 39.7 Å². The maximum absolute atomic E-state index is 5.96. The van der Waals surface area contributed by atoms with E-state index in [1.54, 1.807) is 0 Å². The summed E-state index contributed by atoms with van der Waals surface area (Å²) in [5.41, 5.74) is 2.70. The Balaban J connectivity index is 1.32. The lowest BCUT2D eigenvalue weighted by Gasteiger charge is -2.29. The van der Waals surface area contributed by atoms with E-state index in [0.29, 0.717) is 6.61 Å². The average Bonchev–Trinajstić information content (AvgIpc) is 2.62. The molecule has 0 aliphatic carbocycles. The van der Waals surface area contributed by atoms with Gasteiger partial charge in [0.1, 0.15) is 12.7 Å². The van der Waals surface area contributed by atoms with Gasteiger partial charge in [0.2, 0.25) is 0 Å². The molecule has 2 aromatic carbocycles. The predicted molar refractivity (Wildman–Crippen MR) is 88.1 cm³/mol. The van der Waals surface area contributed by atoms with E-state index in [1.807, 2.05) is 24.3 Å².